The van der Waals surface area contributed by atoms with Gasteiger partial charge in [-0.2, -0.15) is 5.10 Å². The minimum absolute atomic E-state index is 0.0680. The van der Waals surface area contributed by atoms with E-state index in [-0.39, 0.29) is 17.4 Å². The number of carbonyl (C=O) groups is 1. The molecule has 0 radical (unpaired) electrons. The second-order valence-corrected chi connectivity index (χ2v) is 7.99. The zero-order valence-electron chi connectivity index (χ0n) is 13.0. The number of aromatic nitrogens is 2. The number of rotatable bonds is 3. The summed E-state index contributed by atoms with van der Waals surface area (Å²) in [5, 5.41) is 4.08. The van der Waals surface area contributed by atoms with E-state index in [1.54, 1.807) is 6.92 Å². The number of hydrogen-bond acceptors (Lipinski definition) is 5. The van der Waals surface area contributed by atoms with Crippen molar-refractivity contribution in [1.29, 1.82) is 0 Å². The first-order valence-electron chi connectivity index (χ1n) is 7.34. The highest BCUT2D eigenvalue weighted by Crippen LogP contribution is 2.18. The molecule has 1 aromatic carbocycles. The van der Waals surface area contributed by atoms with Crippen molar-refractivity contribution < 1.29 is 13.2 Å². The molecular formula is C15H18N4O3S. The van der Waals surface area contributed by atoms with Crippen LogP contribution in [0.2, 0.25) is 0 Å². The molecule has 1 aliphatic rings. The molecular weight excluding hydrogens is 316 g/mol. The number of hydrazone groups is 1. The van der Waals surface area contributed by atoms with Crippen molar-refractivity contribution in [2.24, 2.45) is 18.1 Å². The number of carbonyl (C=O) groups excluding carboxylic acids is 1. The number of hydrogen-bond donors (Lipinski definition) is 1. The molecule has 0 spiro atoms. The Balaban J connectivity index is 1.77. The normalized spacial score (nSPS) is 20.8. The predicted molar refractivity (Wildman–Crippen MR) is 87.8 cm³/mol. The van der Waals surface area contributed by atoms with E-state index in [4.69, 9.17) is 0 Å². The standard InChI is InChI=1S/C15H18N4O3S/c1-10(14-16-12-5-3-4-6-13(12)19(14)2)17-18-15(20)11-7-8-23(21,22)9-11/h3-6,11H,7-9H2,1-2H3,(H,18,20)/b17-10-/t11-/m1/s1. The Hall–Kier alpha value is -2.22. The fourth-order valence-corrected chi connectivity index (χ4v) is 4.49. The maximum absolute atomic E-state index is 12.0. The second kappa shape index (κ2) is 5.77. The van der Waals surface area contributed by atoms with Gasteiger partial charge in [0.15, 0.2) is 15.7 Å². The molecule has 0 bridgehead atoms. The van der Waals surface area contributed by atoms with Crippen LogP contribution in [0.25, 0.3) is 11.0 Å². The Morgan fingerprint density at radius 2 is 2.13 bits per heavy atom. The van der Waals surface area contributed by atoms with Crippen LogP contribution in [-0.2, 0) is 21.7 Å². The number of imidazole rings is 1. The lowest BCUT2D eigenvalue weighted by atomic mass is 10.1. The molecule has 2 aromatic rings. The third kappa shape index (κ3) is 3.12. The van der Waals surface area contributed by atoms with Gasteiger partial charge in [0.2, 0.25) is 5.91 Å². The average molecular weight is 334 g/mol. The van der Waals surface area contributed by atoms with Crippen LogP contribution in [0.5, 0.6) is 0 Å². The summed E-state index contributed by atoms with van der Waals surface area (Å²) in [5.74, 6) is -0.246. The summed E-state index contributed by atoms with van der Waals surface area (Å²) in [6.07, 6.45) is 0.356. The highest BCUT2D eigenvalue weighted by atomic mass is 32.2. The van der Waals surface area contributed by atoms with Gasteiger partial charge in [0.25, 0.3) is 0 Å². The summed E-state index contributed by atoms with van der Waals surface area (Å²) in [7, 11) is -1.20. The number of nitrogens with one attached hydrogen (secondary N) is 1. The molecule has 122 valence electrons. The maximum atomic E-state index is 12.0. The van der Waals surface area contributed by atoms with Crippen LogP contribution in [-0.4, -0.2) is 41.1 Å². The molecule has 1 atom stereocenters. The topological polar surface area (TPSA) is 93.4 Å². The minimum Gasteiger partial charge on any atom is -0.326 e. The van der Waals surface area contributed by atoms with Crippen molar-refractivity contribution in [3.8, 4) is 0 Å². The number of fused-ring (bicyclic) bond motifs is 1. The quantitative estimate of drug-likeness (QED) is 0.665. The lowest BCUT2D eigenvalue weighted by Gasteiger charge is -2.06. The molecule has 0 aliphatic carbocycles. The number of aryl methyl sites for hydroxylation is 1. The Morgan fingerprint density at radius 1 is 1.39 bits per heavy atom. The zero-order valence-corrected chi connectivity index (χ0v) is 13.8. The van der Waals surface area contributed by atoms with Crippen molar-refractivity contribution in [3.63, 3.8) is 0 Å². The van der Waals surface area contributed by atoms with Gasteiger partial charge < -0.3 is 4.57 Å². The molecule has 1 N–H and O–H groups in total. The van der Waals surface area contributed by atoms with Crippen molar-refractivity contribution in [2.45, 2.75) is 13.3 Å². The zero-order chi connectivity index (χ0) is 16.6. The molecule has 3 rings (SSSR count). The van der Waals surface area contributed by atoms with Crippen LogP contribution in [0.1, 0.15) is 19.2 Å². The molecule has 0 unspecified atom stereocenters. The van der Waals surface area contributed by atoms with Gasteiger partial charge in [0.05, 0.1) is 28.5 Å². The van der Waals surface area contributed by atoms with E-state index < -0.39 is 15.8 Å². The summed E-state index contributed by atoms with van der Waals surface area (Å²) in [6, 6.07) is 7.71. The van der Waals surface area contributed by atoms with Crippen LogP contribution >= 0.6 is 0 Å². The van der Waals surface area contributed by atoms with Crippen molar-refractivity contribution >= 4 is 32.5 Å². The first-order chi connectivity index (χ1) is 10.9. The van der Waals surface area contributed by atoms with Gasteiger partial charge in [-0.15, -0.1) is 0 Å². The average Bonchev–Trinajstić information content (AvgIpc) is 3.05. The van der Waals surface area contributed by atoms with Gasteiger partial charge in [-0.3, -0.25) is 4.79 Å². The fraction of sp³-hybridized carbons (Fsp3) is 0.400. The predicted octanol–water partition coefficient (Wildman–Crippen LogP) is 0.848. The SMILES string of the molecule is C/C(=N/NC(=O)[C@@H]1CCS(=O)(=O)C1)c1nc2ccccc2n1C. The Bertz CT molecular complexity index is 899. The first kappa shape index (κ1) is 15.7. The number of nitrogens with zero attached hydrogens (tertiary/aromatic N) is 3. The third-order valence-corrected chi connectivity index (χ3v) is 5.82. The summed E-state index contributed by atoms with van der Waals surface area (Å²) >= 11 is 0. The second-order valence-electron chi connectivity index (χ2n) is 5.76. The van der Waals surface area contributed by atoms with Crippen LogP contribution < -0.4 is 5.43 Å². The number of sulfone groups is 1. The van der Waals surface area contributed by atoms with Crippen LogP contribution in [0.4, 0.5) is 0 Å². The maximum Gasteiger partial charge on any atom is 0.244 e. The first-order valence-corrected chi connectivity index (χ1v) is 9.16. The summed E-state index contributed by atoms with van der Waals surface area (Å²) < 4.78 is 24.7. The molecule has 2 heterocycles. The van der Waals surface area contributed by atoms with Crippen molar-refractivity contribution in [1.82, 2.24) is 15.0 Å². The number of amides is 1. The van der Waals surface area contributed by atoms with Gasteiger partial charge in [-0.05, 0) is 25.5 Å². The van der Waals surface area contributed by atoms with Gasteiger partial charge in [-0.25, -0.2) is 18.8 Å². The summed E-state index contributed by atoms with van der Waals surface area (Å²) in [6.45, 7) is 1.76. The van der Waals surface area contributed by atoms with E-state index >= 15 is 0 Å². The van der Waals surface area contributed by atoms with Gasteiger partial charge in [0, 0.05) is 7.05 Å². The molecule has 7 nitrogen and oxygen atoms in total. The van der Waals surface area contributed by atoms with Crippen molar-refractivity contribution in [3.05, 3.63) is 30.1 Å². The monoisotopic (exact) mass is 334 g/mol. The van der Waals surface area contributed by atoms with E-state index in [0.29, 0.717) is 18.0 Å². The van der Waals surface area contributed by atoms with Gasteiger partial charge in [-0.1, -0.05) is 12.1 Å². The minimum atomic E-state index is -3.08. The molecule has 8 heteroatoms. The highest BCUT2D eigenvalue weighted by molar-refractivity contribution is 7.91. The lowest BCUT2D eigenvalue weighted by Crippen LogP contribution is -2.28. The van der Waals surface area contributed by atoms with E-state index in [0.717, 1.165) is 11.0 Å². The van der Waals surface area contributed by atoms with E-state index in [1.807, 2.05) is 35.9 Å². The molecule has 0 saturated carbocycles. The molecule has 1 saturated heterocycles. The van der Waals surface area contributed by atoms with E-state index in [1.165, 1.54) is 0 Å². The van der Waals surface area contributed by atoms with Crippen LogP contribution in [0, 0.1) is 5.92 Å². The van der Waals surface area contributed by atoms with E-state index in [9.17, 15) is 13.2 Å². The van der Waals surface area contributed by atoms with E-state index in [2.05, 4.69) is 15.5 Å². The highest BCUT2D eigenvalue weighted by Gasteiger charge is 2.32. The van der Waals surface area contributed by atoms with Gasteiger partial charge >= 0.3 is 0 Å². The molecule has 23 heavy (non-hydrogen) atoms. The largest absolute Gasteiger partial charge is 0.326 e. The molecule has 1 fully saturated rings. The fourth-order valence-electron chi connectivity index (χ4n) is 2.75. The lowest BCUT2D eigenvalue weighted by molar-refractivity contribution is -0.124. The summed E-state index contributed by atoms with van der Waals surface area (Å²) in [5.41, 5.74) is 4.86. The number of para-hydroxylation sites is 2. The summed E-state index contributed by atoms with van der Waals surface area (Å²) in [4.78, 5) is 16.5. The molecule has 1 amide bonds. The molecule has 1 aromatic heterocycles. The third-order valence-electron chi connectivity index (χ3n) is 4.05. The Labute approximate surface area is 134 Å². The molecule has 1 aliphatic heterocycles. The van der Waals surface area contributed by atoms with Crippen molar-refractivity contribution in [2.75, 3.05) is 11.5 Å². The van der Waals surface area contributed by atoms with Crippen LogP contribution in [0.3, 0.4) is 0 Å². The van der Waals surface area contributed by atoms with Gasteiger partial charge in [0.1, 0.15) is 5.71 Å². The Morgan fingerprint density at radius 3 is 2.78 bits per heavy atom. The van der Waals surface area contributed by atoms with Crippen LogP contribution in [0.15, 0.2) is 29.4 Å². The number of benzene rings is 1. The Kier molecular flexibility index (Phi) is 3.93. The smallest absolute Gasteiger partial charge is 0.244 e.